The molecule has 0 spiro atoms. The molecule has 0 amide bonds. The molecule has 1 aliphatic carbocycles. The number of hydrogen-bond donors (Lipinski definition) is 2. The van der Waals surface area contributed by atoms with Crippen LogP contribution < -0.4 is 0 Å². The van der Waals surface area contributed by atoms with E-state index in [0.717, 1.165) is 38.0 Å². The number of aliphatic carboxylic acids is 1. The number of rotatable bonds is 7. The van der Waals surface area contributed by atoms with Crippen LogP contribution in [0.5, 0.6) is 0 Å². The molecular formula is C17H25NO6. The van der Waals surface area contributed by atoms with Crippen molar-refractivity contribution in [2.24, 2.45) is 0 Å². The SMILES string of the molecule is CO[C@@]12CCC(OCC(=O)O)CC1N(Cc1ccc(CO)o1)CC2. The van der Waals surface area contributed by atoms with E-state index in [4.69, 9.17) is 24.1 Å². The minimum absolute atomic E-state index is 0.0559. The smallest absolute Gasteiger partial charge is 0.329 e. The maximum Gasteiger partial charge on any atom is 0.329 e. The molecule has 24 heavy (non-hydrogen) atoms. The largest absolute Gasteiger partial charge is 0.480 e. The van der Waals surface area contributed by atoms with E-state index >= 15 is 0 Å². The van der Waals surface area contributed by atoms with Crippen molar-refractivity contribution >= 4 is 5.97 Å². The van der Waals surface area contributed by atoms with Crippen molar-refractivity contribution in [2.45, 2.75) is 56.6 Å². The molecule has 0 aromatic carbocycles. The molecule has 1 saturated heterocycles. The van der Waals surface area contributed by atoms with E-state index in [2.05, 4.69) is 4.90 Å². The number of methoxy groups -OCH3 is 1. The van der Waals surface area contributed by atoms with Gasteiger partial charge in [0.2, 0.25) is 0 Å². The Balaban J connectivity index is 1.68. The molecule has 3 rings (SSSR count). The molecule has 0 radical (unpaired) electrons. The summed E-state index contributed by atoms with van der Waals surface area (Å²) in [6.45, 7) is 1.20. The van der Waals surface area contributed by atoms with Gasteiger partial charge >= 0.3 is 5.97 Å². The Bertz CT molecular complexity index is 573. The van der Waals surface area contributed by atoms with Gasteiger partial charge < -0.3 is 24.1 Å². The molecule has 2 unspecified atom stereocenters. The van der Waals surface area contributed by atoms with Crippen molar-refractivity contribution in [1.29, 1.82) is 0 Å². The van der Waals surface area contributed by atoms with Gasteiger partial charge in [-0.3, -0.25) is 4.90 Å². The fraction of sp³-hybridized carbons (Fsp3) is 0.706. The van der Waals surface area contributed by atoms with Crippen LogP contribution in [0.2, 0.25) is 0 Å². The molecule has 1 aromatic rings. The Hall–Kier alpha value is -1.41. The molecule has 7 nitrogen and oxygen atoms in total. The fourth-order valence-corrected chi connectivity index (χ4v) is 4.08. The molecule has 2 heterocycles. The van der Waals surface area contributed by atoms with Gasteiger partial charge in [0.15, 0.2) is 0 Å². The van der Waals surface area contributed by atoms with E-state index in [1.807, 2.05) is 6.07 Å². The first-order valence-corrected chi connectivity index (χ1v) is 8.37. The summed E-state index contributed by atoms with van der Waals surface area (Å²) >= 11 is 0. The molecule has 3 atom stereocenters. The molecular weight excluding hydrogens is 314 g/mol. The summed E-state index contributed by atoms with van der Waals surface area (Å²) in [6, 6.07) is 3.85. The Labute approximate surface area is 141 Å². The number of ether oxygens (including phenoxy) is 2. The van der Waals surface area contributed by atoms with E-state index in [-0.39, 0.29) is 31.0 Å². The van der Waals surface area contributed by atoms with Crippen LogP contribution in [0, 0.1) is 0 Å². The lowest BCUT2D eigenvalue weighted by Crippen LogP contribution is -2.51. The third-order valence-electron chi connectivity index (χ3n) is 5.33. The minimum Gasteiger partial charge on any atom is -0.480 e. The van der Waals surface area contributed by atoms with Crippen LogP contribution in [0.3, 0.4) is 0 Å². The van der Waals surface area contributed by atoms with Crippen LogP contribution >= 0.6 is 0 Å². The van der Waals surface area contributed by atoms with Crippen LogP contribution in [0.1, 0.15) is 37.2 Å². The summed E-state index contributed by atoms with van der Waals surface area (Å²) in [7, 11) is 1.76. The van der Waals surface area contributed by atoms with Crippen LogP contribution in [0.4, 0.5) is 0 Å². The first-order chi connectivity index (χ1) is 11.6. The highest BCUT2D eigenvalue weighted by Crippen LogP contribution is 2.43. The van der Waals surface area contributed by atoms with Gasteiger partial charge in [0, 0.05) is 19.7 Å². The van der Waals surface area contributed by atoms with Crippen LogP contribution in [-0.4, -0.2) is 59.1 Å². The molecule has 1 saturated carbocycles. The quantitative estimate of drug-likeness (QED) is 0.775. The number of carboxylic acid groups (broad SMARTS) is 1. The van der Waals surface area contributed by atoms with Gasteiger partial charge in [-0.05, 0) is 37.8 Å². The zero-order valence-electron chi connectivity index (χ0n) is 13.9. The number of likely N-dealkylation sites (tertiary alicyclic amines) is 1. The second-order valence-corrected chi connectivity index (χ2v) is 6.63. The summed E-state index contributed by atoms with van der Waals surface area (Å²) in [5.41, 5.74) is -0.185. The van der Waals surface area contributed by atoms with Gasteiger partial charge in [-0.15, -0.1) is 0 Å². The van der Waals surface area contributed by atoms with E-state index in [0.29, 0.717) is 12.3 Å². The Morgan fingerprint density at radius 2 is 2.21 bits per heavy atom. The average molecular weight is 339 g/mol. The maximum atomic E-state index is 10.7. The van der Waals surface area contributed by atoms with Crippen LogP contribution in [0.15, 0.2) is 16.5 Å². The molecule has 7 heteroatoms. The number of nitrogens with zero attached hydrogens (tertiary/aromatic N) is 1. The van der Waals surface area contributed by atoms with Crippen molar-refractivity contribution in [3.63, 3.8) is 0 Å². The molecule has 1 aliphatic heterocycles. The number of aliphatic hydroxyl groups excluding tert-OH is 1. The van der Waals surface area contributed by atoms with E-state index in [1.165, 1.54) is 0 Å². The number of carboxylic acids is 1. The molecule has 1 aromatic heterocycles. The van der Waals surface area contributed by atoms with E-state index in [9.17, 15) is 4.79 Å². The minimum atomic E-state index is -0.936. The predicted octanol–water partition coefficient (Wildman–Crippen LogP) is 1.39. The third-order valence-corrected chi connectivity index (χ3v) is 5.33. The first kappa shape index (κ1) is 17.4. The standard InChI is InChI=1S/C17H25NO6/c1-22-17-5-4-12(23-11-16(20)21)8-15(17)18(7-6-17)9-13-2-3-14(10-19)24-13/h2-3,12,15,19H,4-11H2,1H3,(H,20,21)/t12?,15?,17-/m1/s1. The van der Waals surface area contributed by atoms with Gasteiger partial charge in [0.25, 0.3) is 0 Å². The second-order valence-electron chi connectivity index (χ2n) is 6.63. The molecule has 2 N–H and O–H groups in total. The Kier molecular flexibility index (Phi) is 5.24. The van der Waals surface area contributed by atoms with Gasteiger partial charge in [-0.2, -0.15) is 0 Å². The Morgan fingerprint density at radius 1 is 1.42 bits per heavy atom. The van der Waals surface area contributed by atoms with E-state index in [1.54, 1.807) is 13.2 Å². The highest BCUT2D eigenvalue weighted by atomic mass is 16.5. The summed E-state index contributed by atoms with van der Waals surface area (Å²) in [5.74, 6) is 0.446. The van der Waals surface area contributed by atoms with Crippen molar-refractivity contribution in [3.05, 3.63) is 23.7 Å². The monoisotopic (exact) mass is 339 g/mol. The van der Waals surface area contributed by atoms with Gasteiger partial charge in [-0.1, -0.05) is 0 Å². The number of fused-ring (bicyclic) bond motifs is 1. The molecule has 2 aliphatic rings. The first-order valence-electron chi connectivity index (χ1n) is 8.37. The number of carbonyl (C=O) groups is 1. The zero-order chi connectivity index (χ0) is 17.2. The Morgan fingerprint density at radius 3 is 2.88 bits per heavy atom. The zero-order valence-corrected chi connectivity index (χ0v) is 13.9. The summed E-state index contributed by atoms with van der Waals surface area (Å²) < 4.78 is 17.0. The molecule has 134 valence electrons. The topological polar surface area (TPSA) is 92.4 Å². The van der Waals surface area contributed by atoms with Gasteiger partial charge in [-0.25, -0.2) is 4.79 Å². The van der Waals surface area contributed by atoms with Crippen molar-refractivity contribution < 1.29 is 28.9 Å². The highest BCUT2D eigenvalue weighted by molar-refractivity contribution is 5.68. The lowest BCUT2D eigenvalue weighted by Gasteiger charge is -2.43. The molecule has 0 bridgehead atoms. The summed E-state index contributed by atoms with van der Waals surface area (Å²) in [6.07, 6.45) is 3.34. The van der Waals surface area contributed by atoms with Crippen molar-refractivity contribution in [2.75, 3.05) is 20.3 Å². The maximum absolute atomic E-state index is 10.7. The van der Waals surface area contributed by atoms with Crippen molar-refractivity contribution in [1.82, 2.24) is 4.90 Å². The summed E-state index contributed by atoms with van der Waals surface area (Å²) in [5, 5.41) is 17.9. The summed E-state index contributed by atoms with van der Waals surface area (Å²) in [4.78, 5) is 13.1. The lowest BCUT2D eigenvalue weighted by atomic mass is 9.79. The highest BCUT2D eigenvalue weighted by Gasteiger charge is 2.51. The van der Waals surface area contributed by atoms with Crippen LogP contribution in [0.25, 0.3) is 0 Å². The van der Waals surface area contributed by atoms with Gasteiger partial charge in [0.05, 0.1) is 18.2 Å². The second kappa shape index (κ2) is 7.23. The average Bonchev–Trinajstić information content (AvgIpc) is 3.18. The van der Waals surface area contributed by atoms with Crippen LogP contribution in [-0.2, 0) is 27.4 Å². The van der Waals surface area contributed by atoms with E-state index < -0.39 is 5.97 Å². The number of hydrogen-bond acceptors (Lipinski definition) is 6. The predicted molar refractivity (Wildman–Crippen MR) is 84.4 cm³/mol. The third kappa shape index (κ3) is 3.49. The number of aliphatic hydroxyl groups is 1. The molecule has 2 fully saturated rings. The van der Waals surface area contributed by atoms with Crippen molar-refractivity contribution in [3.8, 4) is 0 Å². The fourth-order valence-electron chi connectivity index (χ4n) is 4.08. The lowest BCUT2D eigenvalue weighted by molar-refractivity contribution is -0.148. The normalized spacial score (nSPS) is 30.4. The van der Waals surface area contributed by atoms with Gasteiger partial charge in [0.1, 0.15) is 24.7 Å². The number of furan rings is 1.